The monoisotopic (exact) mass is 317 g/mol. The zero-order valence-corrected chi connectivity index (χ0v) is 13.1. The smallest absolute Gasteiger partial charge is 0.300 e. The van der Waals surface area contributed by atoms with Crippen LogP contribution in [0, 0.1) is 0 Å². The Morgan fingerprint density at radius 3 is 2.54 bits per heavy atom. The number of ether oxygens (including phenoxy) is 1. The molecule has 5 nitrogen and oxygen atoms in total. The molecule has 1 N–H and O–H groups in total. The summed E-state index contributed by atoms with van der Waals surface area (Å²) in [7, 11) is 1.60. The van der Waals surface area contributed by atoms with Crippen molar-refractivity contribution in [1.82, 2.24) is 9.97 Å². The van der Waals surface area contributed by atoms with Crippen molar-refractivity contribution in [1.29, 1.82) is 0 Å². The third kappa shape index (κ3) is 2.79. The number of para-hydroxylation sites is 1. The standard InChI is InChI=1S/C19H15N3O2/c1-23-18-10-8-14(12-20-18)13-7-9-17-16(11-13)22-19(24-17)21-15-5-3-2-4-6-15/h2-12H,1H3,(H,21,22). The Morgan fingerprint density at radius 2 is 1.79 bits per heavy atom. The topological polar surface area (TPSA) is 60.2 Å². The molecule has 0 radical (unpaired) electrons. The van der Waals surface area contributed by atoms with Gasteiger partial charge in [-0.25, -0.2) is 4.98 Å². The van der Waals surface area contributed by atoms with E-state index in [0.717, 1.165) is 27.9 Å². The summed E-state index contributed by atoms with van der Waals surface area (Å²) in [6, 6.07) is 20.0. The van der Waals surface area contributed by atoms with Crippen LogP contribution in [-0.4, -0.2) is 17.1 Å². The van der Waals surface area contributed by atoms with Crippen LogP contribution in [0.25, 0.3) is 22.2 Å². The van der Waals surface area contributed by atoms with E-state index in [9.17, 15) is 0 Å². The van der Waals surface area contributed by atoms with Crippen LogP contribution in [0.2, 0.25) is 0 Å². The molecular formula is C19H15N3O2. The molecule has 0 atom stereocenters. The molecule has 0 aliphatic heterocycles. The van der Waals surface area contributed by atoms with E-state index in [-0.39, 0.29) is 0 Å². The molecule has 0 amide bonds. The predicted octanol–water partition coefficient (Wildman–Crippen LogP) is 4.64. The first-order valence-electron chi connectivity index (χ1n) is 7.55. The van der Waals surface area contributed by atoms with Gasteiger partial charge in [0.1, 0.15) is 5.52 Å². The number of hydrogen-bond donors (Lipinski definition) is 1. The molecule has 118 valence electrons. The SMILES string of the molecule is COc1ccc(-c2ccc3oc(Nc4ccccc4)nc3c2)cn1. The highest BCUT2D eigenvalue weighted by molar-refractivity contribution is 5.81. The molecule has 2 aromatic carbocycles. The third-order valence-corrected chi connectivity index (χ3v) is 3.69. The Bertz CT molecular complexity index is 963. The van der Waals surface area contributed by atoms with Gasteiger partial charge in [0.25, 0.3) is 6.01 Å². The number of aromatic nitrogens is 2. The molecule has 0 bridgehead atoms. The summed E-state index contributed by atoms with van der Waals surface area (Å²) in [5, 5.41) is 3.16. The molecular weight excluding hydrogens is 302 g/mol. The van der Waals surface area contributed by atoms with Crippen LogP contribution in [0.3, 0.4) is 0 Å². The van der Waals surface area contributed by atoms with E-state index >= 15 is 0 Å². The highest BCUT2D eigenvalue weighted by Gasteiger charge is 2.08. The summed E-state index contributed by atoms with van der Waals surface area (Å²) in [6.07, 6.45) is 1.78. The van der Waals surface area contributed by atoms with Crippen molar-refractivity contribution in [2.75, 3.05) is 12.4 Å². The second-order valence-corrected chi connectivity index (χ2v) is 5.28. The van der Waals surface area contributed by atoms with E-state index < -0.39 is 0 Å². The molecule has 0 saturated heterocycles. The van der Waals surface area contributed by atoms with Gasteiger partial charge in [0, 0.05) is 23.5 Å². The average Bonchev–Trinajstić information content (AvgIpc) is 3.04. The minimum Gasteiger partial charge on any atom is -0.481 e. The number of benzene rings is 2. The van der Waals surface area contributed by atoms with E-state index in [0.29, 0.717) is 11.9 Å². The van der Waals surface area contributed by atoms with Crippen molar-refractivity contribution < 1.29 is 9.15 Å². The highest BCUT2D eigenvalue weighted by atomic mass is 16.5. The van der Waals surface area contributed by atoms with E-state index in [4.69, 9.17) is 9.15 Å². The Balaban J connectivity index is 1.65. The van der Waals surface area contributed by atoms with Gasteiger partial charge in [-0.2, -0.15) is 4.98 Å². The number of hydrogen-bond acceptors (Lipinski definition) is 5. The molecule has 24 heavy (non-hydrogen) atoms. The Morgan fingerprint density at radius 1 is 0.958 bits per heavy atom. The molecule has 0 unspecified atom stereocenters. The van der Waals surface area contributed by atoms with Gasteiger partial charge < -0.3 is 14.5 Å². The molecule has 5 heteroatoms. The first-order chi connectivity index (χ1) is 11.8. The minimum absolute atomic E-state index is 0.473. The number of nitrogens with one attached hydrogen (secondary N) is 1. The van der Waals surface area contributed by atoms with Crippen LogP contribution >= 0.6 is 0 Å². The molecule has 0 saturated carbocycles. The summed E-state index contributed by atoms with van der Waals surface area (Å²) >= 11 is 0. The normalized spacial score (nSPS) is 10.7. The van der Waals surface area contributed by atoms with E-state index in [1.807, 2.05) is 60.7 Å². The maximum atomic E-state index is 5.74. The lowest BCUT2D eigenvalue weighted by Gasteiger charge is -2.02. The summed E-state index contributed by atoms with van der Waals surface area (Å²) < 4.78 is 10.8. The molecule has 0 aliphatic carbocycles. The van der Waals surface area contributed by atoms with Gasteiger partial charge in [-0.15, -0.1) is 0 Å². The van der Waals surface area contributed by atoms with E-state index in [1.165, 1.54) is 0 Å². The van der Waals surface area contributed by atoms with Crippen molar-refractivity contribution in [2.45, 2.75) is 0 Å². The number of fused-ring (bicyclic) bond motifs is 1. The van der Waals surface area contributed by atoms with Crippen molar-refractivity contribution in [3.8, 4) is 17.0 Å². The van der Waals surface area contributed by atoms with Crippen LogP contribution < -0.4 is 10.1 Å². The Kier molecular flexibility index (Phi) is 3.59. The number of anilines is 2. The molecule has 0 spiro atoms. The molecule has 2 aromatic heterocycles. The predicted molar refractivity (Wildman–Crippen MR) is 93.5 cm³/mol. The van der Waals surface area contributed by atoms with Gasteiger partial charge in [-0.1, -0.05) is 24.3 Å². The fourth-order valence-corrected chi connectivity index (χ4v) is 2.48. The molecule has 2 heterocycles. The summed E-state index contributed by atoms with van der Waals surface area (Å²) in [5.74, 6) is 0.593. The largest absolute Gasteiger partial charge is 0.481 e. The second-order valence-electron chi connectivity index (χ2n) is 5.28. The lowest BCUT2D eigenvalue weighted by atomic mass is 10.1. The summed E-state index contributed by atoms with van der Waals surface area (Å²) in [5.41, 5.74) is 4.49. The third-order valence-electron chi connectivity index (χ3n) is 3.69. The average molecular weight is 317 g/mol. The van der Waals surface area contributed by atoms with Crippen LogP contribution in [0.5, 0.6) is 5.88 Å². The van der Waals surface area contributed by atoms with Crippen LogP contribution in [0.15, 0.2) is 71.3 Å². The second kappa shape index (κ2) is 6.04. The van der Waals surface area contributed by atoms with Crippen molar-refractivity contribution in [3.05, 3.63) is 66.9 Å². The number of pyridine rings is 1. The van der Waals surface area contributed by atoms with Gasteiger partial charge in [-0.3, -0.25) is 0 Å². The van der Waals surface area contributed by atoms with E-state index in [2.05, 4.69) is 15.3 Å². The highest BCUT2D eigenvalue weighted by Crippen LogP contribution is 2.27. The number of methoxy groups -OCH3 is 1. The van der Waals surface area contributed by atoms with Crippen molar-refractivity contribution >= 4 is 22.8 Å². The van der Waals surface area contributed by atoms with Gasteiger partial charge in [-0.05, 0) is 35.9 Å². The number of oxazole rings is 1. The summed E-state index contributed by atoms with van der Waals surface area (Å²) in [6.45, 7) is 0. The summed E-state index contributed by atoms with van der Waals surface area (Å²) in [4.78, 5) is 8.74. The van der Waals surface area contributed by atoms with Crippen molar-refractivity contribution in [2.24, 2.45) is 0 Å². The van der Waals surface area contributed by atoms with Crippen LogP contribution in [0.1, 0.15) is 0 Å². The first-order valence-corrected chi connectivity index (χ1v) is 7.55. The van der Waals surface area contributed by atoms with Gasteiger partial charge >= 0.3 is 0 Å². The Hall–Kier alpha value is -3.34. The maximum Gasteiger partial charge on any atom is 0.300 e. The maximum absolute atomic E-state index is 5.74. The first kappa shape index (κ1) is 14.3. The van der Waals surface area contributed by atoms with Gasteiger partial charge in [0.05, 0.1) is 7.11 Å². The fourth-order valence-electron chi connectivity index (χ4n) is 2.48. The van der Waals surface area contributed by atoms with E-state index in [1.54, 1.807) is 13.3 Å². The molecule has 4 aromatic rings. The van der Waals surface area contributed by atoms with Crippen LogP contribution in [-0.2, 0) is 0 Å². The number of nitrogens with zero attached hydrogens (tertiary/aromatic N) is 2. The van der Waals surface area contributed by atoms with Gasteiger partial charge in [0.15, 0.2) is 5.58 Å². The quantitative estimate of drug-likeness (QED) is 0.594. The molecule has 0 aliphatic rings. The zero-order chi connectivity index (χ0) is 16.4. The minimum atomic E-state index is 0.473. The van der Waals surface area contributed by atoms with Crippen LogP contribution in [0.4, 0.5) is 11.7 Å². The zero-order valence-electron chi connectivity index (χ0n) is 13.1. The Labute approximate surface area is 138 Å². The molecule has 0 fully saturated rings. The fraction of sp³-hybridized carbons (Fsp3) is 0.0526. The molecule has 4 rings (SSSR count). The number of rotatable bonds is 4. The van der Waals surface area contributed by atoms with Crippen molar-refractivity contribution in [3.63, 3.8) is 0 Å². The van der Waals surface area contributed by atoms with Gasteiger partial charge in [0.2, 0.25) is 5.88 Å². The lowest BCUT2D eigenvalue weighted by Crippen LogP contribution is -1.88. The lowest BCUT2D eigenvalue weighted by molar-refractivity contribution is 0.398.